The summed E-state index contributed by atoms with van der Waals surface area (Å²) in [5, 5.41) is 0. The molecule has 0 atom stereocenters. The molecule has 0 unspecified atom stereocenters. The molecule has 108 valence electrons. The first-order chi connectivity index (χ1) is 9.84. The highest BCUT2D eigenvalue weighted by atomic mass is 32.2. The van der Waals surface area contributed by atoms with Gasteiger partial charge in [-0.25, -0.2) is 13.4 Å². The van der Waals surface area contributed by atoms with Crippen LogP contribution in [0.4, 0.5) is 5.69 Å². The molecule has 0 saturated carbocycles. The van der Waals surface area contributed by atoms with Gasteiger partial charge >= 0.3 is 0 Å². The van der Waals surface area contributed by atoms with E-state index in [9.17, 15) is 8.42 Å². The maximum Gasteiger partial charge on any atom is 0.175 e. The van der Waals surface area contributed by atoms with Crippen LogP contribution in [-0.2, 0) is 9.84 Å². The molecule has 5 nitrogen and oxygen atoms in total. The first-order valence-corrected chi connectivity index (χ1v) is 8.29. The molecule has 2 N–H and O–H groups in total. The predicted octanol–water partition coefficient (Wildman–Crippen LogP) is 2.30. The lowest BCUT2D eigenvalue weighted by molar-refractivity contribution is 0.602. The van der Waals surface area contributed by atoms with Crippen LogP contribution in [0.15, 0.2) is 47.6 Å². The molecule has 0 aliphatic rings. The van der Waals surface area contributed by atoms with Gasteiger partial charge in [-0.15, -0.1) is 0 Å². The molecule has 3 aromatic rings. The van der Waals surface area contributed by atoms with Crippen LogP contribution in [0.2, 0.25) is 0 Å². The van der Waals surface area contributed by atoms with Crippen LogP contribution in [0.1, 0.15) is 5.56 Å². The van der Waals surface area contributed by atoms with Gasteiger partial charge < -0.3 is 10.1 Å². The molecule has 21 heavy (non-hydrogen) atoms. The number of hydrogen-bond acceptors (Lipinski definition) is 4. The van der Waals surface area contributed by atoms with E-state index in [4.69, 9.17) is 5.73 Å². The third-order valence-corrected chi connectivity index (χ3v) is 4.46. The molecule has 0 aliphatic carbocycles. The van der Waals surface area contributed by atoms with E-state index < -0.39 is 9.84 Å². The second kappa shape index (κ2) is 4.60. The SMILES string of the molecule is Cc1cc(N)cn2cc(-c3ccc(S(C)(=O)=O)cc3)nc12. The van der Waals surface area contributed by atoms with Crippen molar-refractivity contribution in [2.75, 3.05) is 12.0 Å². The number of nitrogen functional groups attached to an aromatic ring is 1. The summed E-state index contributed by atoms with van der Waals surface area (Å²) in [5.41, 5.74) is 9.98. The van der Waals surface area contributed by atoms with Gasteiger partial charge in [0, 0.05) is 29.9 Å². The van der Waals surface area contributed by atoms with Gasteiger partial charge in [-0.3, -0.25) is 0 Å². The number of fused-ring (bicyclic) bond motifs is 1. The standard InChI is InChI=1S/C15H15N3O2S/c1-10-7-12(16)8-18-9-14(17-15(10)18)11-3-5-13(6-4-11)21(2,19)20/h3-9H,16H2,1-2H3. The highest BCUT2D eigenvalue weighted by molar-refractivity contribution is 7.90. The summed E-state index contributed by atoms with van der Waals surface area (Å²) in [6.07, 6.45) is 4.89. The maximum absolute atomic E-state index is 11.5. The van der Waals surface area contributed by atoms with Gasteiger partial charge in [0.15, 0.2) is 9.84 Å². The van der Waals surface area contributed by atoms with E-state index in [-0.39, 0.29) is 0 Å². The van der Waals surface area contributed by atoms with E-state index in [1.807, 2.05) is 29.8 Å². The Balaban J connectivity index is 2.10. The number of nitrogens with two attached hydrogens (primary N) is 1. The third kappa shape index (κ3) is 2.50. The van der Waals surface area contributed by atoms with E-state index in [2.05, 4.69) is 4.98 Å². The van der Waals surface area contributed by atoms with Crippen molar-refractivity contribution in [3.8, 4) is 11.3 Å². The van der Waals surface area contributed by atoms with E-state index in [1.54, 1.807) is 24.3 Å². The average molecular weight is 301 g/mol. The fourth-order valence-electron chi connectivity index (χ4n) is 2.31. The van der Waals surface area contributed by atoms with E-state index in [0.717, 1.165) is 22.5 Å². The van der Waals surface area contributed by atoms with Crippen molar-refractivity contribution in [3.63, 3.8) is 0 Å². The number of aryl methyl sites for hydroxylation is 1. The molecule has 2 aromatic heterocycles. The van der Waals surface area contributed by atoms with Crippen molar-refractivity contribution in [1.82, 2.24) is 9.38 Å². The van der Waals surface area contributed by atoms with E-state index >= 15 is 0 Å². The molecule has 0 aliphatic heterocycles. The minimum atomic E-state index is -3.18. The number of nitrogens with zero attached hydrogens (tertiary/aromatic N) is 2. The molecule has 1 aromatic carbocycles. The Kier molecular flexibility index (Phi) is 2.98. The Bertz CT molecular complexity index is 925. The van der Waals surface area contributed by atoms with Crippen LogP contribution >= 0.6 is 0 Å². The number of hydrogen-bond donors (Lipinski definition) is 1. The van der Waals surface area contributed by atoms with Crippen molar-refractivity contribution >= 4 is 21.2 Å². The molecule has 0 fully saturated rings. The summed E-state index contributed by atoms with van der Waals surface area (Å²) in [5.74, 6) is 0. The largest absolute Gasteiger partial charge is 0.398 e. The van der Waals surface area contributed by atoms with Gasteiger partial charge in [0.05, 0.1) is 10.6 Å². The zero-order valence-electron chi connectivity index (χ0n) is 11.7. The monoisotopic (exact) mass is 301 g/mol. The molecule has 3 rings (SSSR count). The molecule has 0 radical (unpaired) electrons. The number of imidazole rings is 1. The van der Waals surface area contributed by atoms with E-state index in [0.29, 0.717) is 10.6 Å². The molecule has 0 spiro atoms. The summed E-state index contributed by atoms with van der Waals surface area (Å²) in [6.45, 7) is 1.95. The minimum Gasteiger partial charge on any atom is -0.398 e. The van der Waals surface area contributed by atoms with Crippen molar-refractivity contribution in [3.05, 3.63) is 48.3 Å². The Labute approximate surface area is 123 Å². The second-order valence-corrected chi connectivity index (χ2v) is 7.13. The van der Waals surface area contributed by atoms with Gasteiger partial charge in [0.25, 0.3) is 0 Å². The van der Waals surface area contributed by atoms with E-state index in [1.165, 1.54) is 6.26 Å². The van der Waals surface area contributed by atoms with Crippen molar-refractivity contribution in [1.29, 1.82) is 0 Å². The number of pyridine rings is 1. The quantitative estimate of drug-likeness (QED) is 0.788. The highest BCUT2D eigenvalue weighted by Gasteiger charge is 2.10. The number of aromatic nitrogens is 2. The smallest absolute Gasteiger partial charge is 0.175 e. The first-order valence-electron chi connectivity index (χ1n) is 6.40. The van der Waals surface area contributed by atoms with Gasteiger partial charge in [-0.05, 0) is 30.7 Å². The average Bonchev–Trinajstić information content (AvgIpc) is 2.82. The molecular weight excluding hydrogens is 286 g/mol. The summed E-state index contributed by atoms with van der Waals surface area (Å²) in [6, 6.07) is 8.58. The van der Waals surface area contributed by atoms with Gasteiger partial charge in [-0.1, -0.05) is 12.1 Å². The summed E-state index contributed by atoms with van der Waals surface area (Å²) < 4.78 is 24.8. The predicted molar refractivity (Wildman–Crippen MR) is 82.9 cm³/mol. The Morgan fingerprint density at radius 1 is 1.14 bits per heavy atom. The summed E-state index contributed by atoms with van der Waals surface area (Å²) in [4.78, 5) is 4.87. The normalized spacial score (nSPS) is 11.9. The van der Waals surface area contributed by atoms with Crippen molar-refractivity contribution in [2.24, 2.45) is 0 Å². The fourth-order valence-corrected chi connectivity index (χ4v) is 2.94. The first kappa shape index (κ1) is 13.6. The summed E-state index contributed by atoms with van der Waals surface area (Å²) in [7, 11) is -3.18. The van der Waals surface area contributed by atoms with Crippen molar-refractivity contribution in [2.45, 2.75) is 11.8 Å². The number of rotatable bonds is 2. The highest BCUT2D eigenvalue weighted by Crippen LogP contribution is 2.23. The Morgan fingerprint density at radius 2 is 1.81 bits per heavy atom. The summed E-state index contributed by atoms with van der Waals surface area (Å²) >= 11 is 0. The molecule has 0 amide bonds. The maximum atomic E-state index is 11.5. The van der Waals surface area contributed by atoms with Gasteiger partial charge in [-0.2, -0.15) is 0 Å². The van der Waals surface area contributed by atoms with Crippen LogP contribution in [0, 0.1) is 6.92 Å². The fraction of sp³-hybridized carbons (Fsp3) is 0.133. The van der Waals surface area contributed by atoms with Gasteiger partial charge in [0.1, 0.15) is 5.65 Å². The third-order valence-electron chi connectivity index (χ3n) is 3.33. The van der Waals surface area contributed by atoms with Gasteiger partial charge in [0.2, 0.25) is 0 Å². The molecule has 0 saturated heterocycles. The van der Waals surface area contributed by atoms with Crippen molar-refractivity contribution < 1.29 is 8.42 Å². The van der Waals surface area contributed by atoms with Crippen LogP contribution in [0.25, 0.3) is 16.9 Å². The number of anilines is 1. The molecule has 6 heteroatoms. The minimum absolute atomic E-state index is 0.301. The molecule has 2 heterocycles. The molecular formula is C15H15N3O2S. The zero-order chi connectivity index (χ0) is 15.2. The molecule has 0 bridgehead atoms. The van der Waals surface area contributed by atoms with Crippen LogP contribution in [0.5, 0.6) is 0 Å². The lowest BCUT2D eigenvalue weighted by Gasteiger charge is -1.99. The van der Waals surface area contributed by atoms with Crippen LogP contribution < -0.4 is 5.73 Å². The Morgan fingerprint density at radius 3 is 2.43 bits per heavy atom. The Hall–Kier alpha value is -2.34. The number of benzene rings is 1. The zero-order valence-corrected chi connectivity index (χ0v) is 12.6. The topological polar surface area (TPSA) is 77.5 Å². The number of sulfone groups is 1. The van der Waals surface area contributed by atoms with Crippen LogP contribution in [0.3, 0.4) is 0 Å². The lowest BCUT2D eigenvalue weighted by atomic mass is 10.2. The van der Waals surface area contributed by atoms with Crippen LogP contribution in [-0.4, -0.2) is 24.1 Å². The second-order valence-electron chi connectivity index (χ2n) is 5.11. The lowest BCUT2D eigenvalue weighted by Crippen LogP contribution is -1.96.